The van der Waals surface area contributed by atoms with Crippen LogP contribution in [0.2, 0.25) is 25.7 Å². The second-order valence-electron chi connectivity index (χ2n) is 7.08. The fourth-order valence-electron chi connectivity index (χ4n) is 2.41. The first kappa shape index (κ1) is 19.5. The van der Waals surface area contributed by atoms with Crippen molar-refractivity contribution >= 4 is 24.9 Å². The summed E-state index contributed by atoms with van der Waals surface area (Å²) in [5, 5.41) is 0.0361. The Morgan fingerprint density at radius 1 is 1.24 bits per heavy atom. The van der Waals surface area contributed by atoms with Gasteiger partial charge in [-0.2, -0.15) is 13.2 Å². The maximum absolute atomic E-state index is 13.3. The summed E-state index contributed by atoms with van der Waals surface area (Å²) in [7, 11) is -0.0496. The molecule has 8 heteroatoms. The van der Waals surface area contributed by atoms with E-state index in [0.717, 1.165) is 12.2 Å². The van der Waals surface area contributed by atoms with Gasteiger partial charge in [-0.25, -0.2) is 4.79 Å². The van der Waals surface area contributed by atoms with Gasteiger partial charge in [-0.3, -0.25) is 0 Å². The fourth-order valence-corrected chi connectivity index (χ4v) is 3.17. The number of hydrogen-bond acceptors (Lipinski definition) is 3. The van der Waals surface area contributed by atoms with Crippen LogP contribution in [0.5, 0.6) is 0 Å². The van der Waals surface area contributed by atoms with Crippen LogP contribution in [0.3, 0.4) is 0 Å². The highest BCUT2D eigenvalue weighted by molar-refractivity contribution is 6.76. The van der Waals surface area contributed by atoms with Crippen LogP contribution >= 0.6 is 0 Å². The zero-order chi connectivity index (χ0) is 18.8. The summed E-state index contributed by atoms with van der Waals surface area (Å²) in [4.78, 5) is 11.7. The van der Waals surface area contributed by atoms with Gasteiger partial charge in [0.05, 0.1) is 23.8 Å². The van der Waals surface area contributed by atoms with Gasteiger partial charge in [-0.1, -0.05) is 25.7 Å². The maximum Gasteiger partial charge on any atom is 0.418 e. The normalized spacial score (nSPS) is 12.6. The molecule has 0 saturated heterocycles. The SMILES string of the molecule is COC(=O)c1ccc2c(C(F)(F)F)cn(COCC[Si](C)(C)C)c2c1. The summed E-state index contributed by atoms with van der Waals surface area (Å²) in [6, 6.07) is 4.95. The first-order valence-corrected chi connectivity index (χ1v) is 11.6. The molecule has 0 aliphatic rings. The van der Waals surface area contributed by atoms with Crippen molar-refractivity contribution in [2.24, 2.45) is 0 Å². The highest BCUT2D eigenvalue weighted by Crippen LogP contribution is 2.36. The Labute approximate surface area is 145 Å². The van der Waals surface area contributed by atoms with E-state index in [1.807, 2.05) is 0 Å². The van der Waals surface area contributed by atoms with Crippen molar-refractivity contribution in [3.05, 3.63) is 35.5 Å². The molecule has 0 radical (unpaired) electrons. The second kappa shape index (κ2) is 7.21. The Bertz CT molecular complexity index is 763. The average Bonchev–Trinajstić information content (AvgIpc) is 2.88. The van der Waals surface area contributed by atoms with Crippen LogP contribution in [0.25, 0.3) is 10.9 Å². The minimum absolute atomic E-state index is 0.00167. The predicted octanol–water partition coefficient (Wildman–Crippen LogP) is 4.76. The van der Waals surface area contributed by atoms with Crippen LogP contribution in [-0.2, 0) is 22.4 Å². The standard InChI is InChI=1S/C17H22F3NO3Si/c1-23-16(22)12-5-6-13-14(17(18,19)20)10-21(15(13)9-12)11-24-7-8-25(2,3)4/h5-6,9-10H,7-8,11H2,1-4H3. The van der Waals surface area contributed by atoms with E-state index in [4.69, 9.17) is 4.74 Å². The molecular formula is C17H22F3NO3Si. The molecule has 0 aliphatic carbocycles. The molecule has 0 saturated carbocycles. The van der Waals surface area contributed by atoms with Crippen LogP contribution in [0.4, 0.5) is 13.2 Å². The number of nitrogens with zero attached hydrogens (tertiary/aromatic N) is 1. The Morgan fingerprint density at radius 2 is 1.92 bits per heavy atom. The lowest BCUT2D eigenvalue weighted by Gasteiger charge is -2.15. The van der Waals surface area contributed by atoms with Gasteiger partial charge >= 0.3 is 12.1 Å². The van der Waals surface area contributed by atoms with Crippen LogP contribution in [0.15, 0.2) is 24.4 Å². The lowest BCUT2D eigenvalue weighted by Crippen LogP contribution is -2.22. The zero-order valence-corrected chi connectivity index (χ0v) is 15.7. The number of fused-ring (bicyclic) bond motifs is 1. The van der Waals surface area contributed by atoms with Crippen molar-refractivity contribution in [3.8, 4) is 0 Å². The van der Waals surface area contributed by atoms with Crippen molar-refractivity contribution < 1.29 is 27.4 Å². The predicted molar refractivity (Wildman–Crippen MR) is 92.4 cm³/mol. The van der Waals surface area contributed by atoms with Gasteiger partial charge in [-0.05, 0) is 18.2 Å². The highest BCUT2D eigenvalue weighted by Gasteiger charge is 2.34. The topological polar surface area (TPSA) is 40.5 Å². The van der Waals surface area contributed by atoms with Crippen LogP contribution in [-0.4, -0.2) is 32.3 Å². The molecule has 0 fully saturated rings. The van der Waals surface area contributed by atoms with Crippen molar-refractivity contribution in [2.75, 3.05) is 13.7 Å². The van der Waals surface area contributed by atoms with E-state index < -0.39 is 25.8 Å². The largest absolute Gasteiger partial charge is 0.465 e. The third-order valence-corrected chi connectivity index (χ3v) is 5.54. The summed E-state index contributed by atoms with van der Waals surface area (Å²) >= 11 is 0. The molecule has 2 rings (SSSR count). The number of rotatable bonds is 6. The van der Waals surface area contributed by atoms with E-state index in [1.165, 1.54) is 29.9 Å². The van der Waals surface area contributed by atoms with E-state index in [-0.39, 0.29) is 17.7 Å². The van der Waals surface area contributed by atoms with Crippen molar-refractivity contribution in [3.63, 3.8) is 0 Å². The number of esters is 1. The summed E-state index contributed by atoms with van der Waals surface area (Å²) in [6.07, 6.45) is -3.45. The number of hydrogen-bond donors (Lipinski definition) is 0. The van der Waals surface area contributed by atoms with Crippen molar-refractivity contribution in [1.29, 1.82) is 0 Å². The molecule has 1 heterocycles. The molecule has 25 heavy (non-hydrogen) atoms. The third-order valence-electron chi connectivity index (χ3n) is 3.84. The quantitative estimate of drug-likeness (QED) is 0.416. The van der Waals surface area contributed by atoms with Gasteiger partial charge in [0, 0.05) is 26.3 Å². The molecule has 4 nitrogen and oxygen atoms in total. The van der Waals surface area contributed by atoms with Gasteiger partial charge in [-0.15, -0.1) is 0 Å². The van der Waals surface area contributed by atoms with Gasteiger partial charge in [0.2, 0.25) is 0 Å². The number of alkyl halides is 3. The van der Waals surface area contributed by atoms with Crippen LogP contribution in [0, 0.1) is 0 Å². The van der Waals surface area contributed by atoms with E-state index >= 15 is 0 Å². The van der Waals surface area contributed by atoms with Gasteiger partial charge in [0.25, 0.3) is 0 Å². The zero-order valence-electron chi connectivity index (χ0n) is 14.7. The Hall–Kier alpha value is -1.80. The number of methoxy groups -OCH3 is 1. The lowest BCUT2D eigenvalue weighted by atomic mass is 10.1. The Balaban J connectivity index is 2.34. The molecule has 1 aromatic heterocycles. The number of aromatic nitrogens is 1. The number of carbonyl (C=O) groups excluding carboxylic acids is 1. The molecule has 0 atom stereocenters. The first-order chi connectivity index (χ1) is 11.5. The summed E-state index contributed by atoms with van der Waals surface area (Å²) in [6.45, 7) is 7.10. The van der Waals surface area contributed by atoms with Crippen molar-refractivity contribution in [1.82, 2.24) is 4.57 Å². The van der Waals surface area contributed by atoms with E-state index in [0.29, 0.717) is 12.1 Å². The van der Waals surface area contributed by atoms with Crippen LogP contribution < -0.4 is 0 Å². The number of benzene rings is 1. The number of ether oxygens (including phenoxy) is 2. The summed E-state index contributed by atoms with van der Waals surface area (Å²) < 4.78 is 51.4. The highest BCUT2D eigenvalue weighted by atomic mass is 28.3. The number of carbonyl (C=O) groups is 1. The molecule has 2 aromatic rings. The molecule has 0 amide bonds. The lowest BCUT2D eigenvalue weighted by molar-refractivity contribution is -0.136. The smallest absolute Gasteiger partial charge is 0.418 e. The molecule has 1 aromatic carbocycles. The Morgan fingerprint density at radius 3 is 2.48 bits per heavy atom. The minimum atomic E-state index is -4.48. The van der Waals surface area contributed by atoms with Gasteiger partial charge in [0.15, 0.2) is 0 Å². The van der Waals surface area contributed by atoms with Crippen molar-refractivity contribution in [2.45, 2.75) is 38.6 Å². The summed E-state index contributed by atoms with van der Waals surface area (Å²) in [5.74, 6) is -0.595. The summed E-state index contributed by atoms with van der Waals surface area (Å²) in [5.41, 5.74) is -0.249. The maximum atomic E-state index is 13.3. The molecule has 138 valence electrons. The molecule has 0 spiro atoms. The monoisotopic (exact) mass is 373 g/mol. The van der Waals surface area contributed by atoms with E-state index in [2.05, 4.69) is 24.4 Å². The Kier molecular flexibility index (Phi) is 5.63. The minimum Gasteiger partial charge on any atom is -0.465 e. The van der Waals surface area contributed by atoms with Crippen LogP contribution in [0.1, 0.15) is 15.9 Å². The second-order valence-corrected chi connectivity index (χ2v) is 12.7. The fraction of sp³-hybridized carbons (Fsp3) is 0.471. The molecule has 0 bridgehead atoms. The van der Waals surface area contributed by atoms with Gasteiger partial charge < -0.3 is 14.0 Å². The average molecular weight is 373 g/mol. The van der Waals surface area contributed by atoms with E-state index in [1.54, 1.807) is 0 Å². The molecule has 0 N–H and O–H groups in total. The number of halogens is 3. The van der Waals surface area contributed by atoms with Gasteiger partial charge in [0.1, 0.15) is 6.73 Å². The molecule has 0 unspecified atom stereocenters. The first-order valence-electron chi connectivity index (χ1n) is 7.89. The molecule has 0 aliphatic heterocycles. The molecular weight excluding hydrogens is 351 g/mol. The third kappa shape index (κ3) is 4.85. The van der Waals surface area contributed by atoms with E-state index in [9.17, 15) is 18.0 Å².